The second-order valence-corrected chi connectivity index (χ2v) is 7.33. The highest BCUT2D eigenvalue weighted by Gasteiger charge is 2.22. The third kappa shape index (κ3) is 4.35. The summed E-state index contributed by atoms with van der Waals surface area (Å²) >= 11 is 0. The zero-order chi connectivity index (χ0) is 18.7. The number of rotatable bonds is 5. The fourth-order valence-corrected chi connectivity index (χ4v) is 3.71. The van der Waals surface area contributed by atoms with Crippen LogP contribution in [-0.2, 0) is 0 Å². The summed E-state index contributed by atoms with van der Waals surface area (Å²) in [5.41, 5.74) is 17.2. The van der Waals surface area contributed by atoms with Crippen LogP contribution in [0.15, 0.2) is 36.4 Å². The van der Waals surface area contributed by atoms with Gasteiger partial charge in [-0.3, -0.25) is 4.79 Å². The third-order valence-electron chi connectivity index (χ3n) is 4.96. The SMILES string of the molecule is Cc1cc(C)cc(Nc2cc(N[C@@H]3CCCC[C@@H]3N)ccc2C(N)=O)c1. The summed E-state index contributed by atoms with van der Waals surface area (Å²) in [6, 6.07) is 12.2. The van der Waals surface area contributed by atoms with Crippen LogP contribution in [0.1, 0.15) is 47.2 Å². The van der Waals surface area contributed by atoms with Crippen molar-refractivity contribution in [3.63, 3.8) is 0 Å². The molecule has 0 radical (unpaired) electrons. The Bertz CT molecular complexity index is 782. The van der Waals surface area contributed by atoms with E-state index in [0.717, 1.165) is 35.3 Å². The number of amides is 1. The van der Waals surface area contributed by atoms with Crippen LogP contribution in [0.25, 0.3) is 0 Å². The Morgan fingerprint density at radius 2 is 1.69 bits per heavy atom. The molecule has 0 spiro atoms. The minimum atomic E-state index is -0.446. The molecule has 26 heavy (non-hydrogen) atoms. The highest BCUT2D eigenvalue weighted by atomic mass is 16.1. The lowest BCUT2D eigenvalue weighted by Gasteiger charge is -2.30. The van der Waals surface area contributed by atoms with Gasteiger partial charge in [-0.05, 0) is 68.1 Å². The average molecular weight is 352 g/mol. The zero-order valence-corrected chi connectivity index (χ0v) is 15.5. The van der Waals surface area contributed by atoms with E-state index in [9.17, 15) is 4.79 Å². The molecule has 5 nitrogen and oxygen atoms in total. The van der Waals surface area contributed by atoms with Gasteiger partial charge in [0.05, 0.1) is 11.3 Å². The minimum absolute atomic E-state index is 0.162. The van der Waals surface area contributed by atoms with Crippen LogP contribution in [0.5, 0.6) is 0 Å². The molecule has 0 bridgehead atoms. The summed E-state index contributed by atoms with van der Waals surface area (Å²) in [6.07, 6.45) is 4.50. The Hall–Kier alpha value is -2.53. The summed E-state index contributed by atoms with van der Waals surface area (Å²) in [4.78, 5) is 11.8. The first-order valence-corrected chi connectivity index (χ1v) is 9.23. The molecule has 5 heteroatoms. The second kappa shape index (κ2) is 7.79. The van der Waals surface area contributed by atoms with Crippen molar-refractivity contribution in [3.8, 4) is 0 Å². The van der Waals surface area contributed by atoms with Crippen LogP contribution in [0.3, 0.4) is 0 Å². The van der Waals surface area contributed by atoms with E-state index >= 15 is 0 Å². The number of hydrogen-bond acceptors (Lipinski definition) is 4. The summed E-state index contributed by atoms with van der Waals surface area (Å²) in [5.74, 6) is -0.446. The highest BCUT2D eigenvalue weighted by Crippen LogP contribution is 2.28. The van der Waals surface area contributed by atoms with E-state index in [1.807, 2.05) is 12.1 Å². The molecule has 2 atom stereocenters. The van der Waals surface area contributed by atoms with Gasteiger partial charge in [0.25, 0.3) is 5.91 Å². The van der Waals surface area contributed by atoms with Crippen LogP contribution in [0, 0.1) is 13.8 Å². The zero-order valence-electron chi connectivity index (χ0n) is 15.5. The molecule has 2 aromatic carbocycles. The van der Waals surface area contributed by atoms with E-state index in [1.165, 1.54) is 12.8 Å². The van der Waals surface area contributed by atoms with Gasteiger partial charge in [0.2, 0.25) is 0 Å². The largest absolute Gasteiger partial charge is 0.381 e. The summed E-state index contributed by atoms with van der Waals surface area (Å²) in [6.45, 7) is 4.10. The molecule has 0 aromatic heterocycles. The Morgan fingerprint density at radius 1 is 1.00 bits per heavy atom. The molecule has 1 fully saturated rings. The second-order valence-electron chi connectivity index (χ2n) is 7.33. The van der Waals surface area contributed by atoms with Gasteiger partial charge < -0.3 is 22.1 Å². The average Bonchev–Trinajstić information content (AvgIpc) is 2.56. The van der Waals surface area contributed by atoms with Crippen molar-refractivity contribution >= 4 is 23.0 Å². The van der Waals surface area contributed by atoms with Gasteiger partial charge in [-0.15, -0.1) is 0 Å². The third-order valence-corrected chi connectivity index (χ3v) is 4.96. The van der Waals surface area contributed by atoms with Crippen LogP contribution < -0.4 is 22.1 Å². The Kier molecular flexibility index (Phi) is 5.47. The molecule has 6 N–H and O–H groups in total. The molecule has 1 saturated carbocycles. The first-order chi connectivity index (χ1) is 12.4. The fourth-order valence-electron chi connectivity index (χ4n) is 3.71. The number of aryl methyl sites for hydroxylation is 2. The Morgan fingerprint density at radius 3 is 2.35 bits per heavy atom. The first-order valence-electron chi connectivity index (χ1n) is 9.23. The van der Waals surface area contributed by atoms with Crippen molar-refractivity contribution in [1.82, 2.24) is 0 Å². The van der Waals surface area contributed by atoms with E-state index in [1.54, 1.807) is 6.07 Å². The molecule has 0 unspecified atom stereocenters. The van der Waals surface area contributed by atoms with Crippen molar-refractivity contribution < 1.29 is 4.79 Å². The van der Waals surface area contributed by atoms with Gasteiger partial charge in [-0.25, -0.2) is 0 Å². The number of anilines is 3. The molecule has 1 aliphatic carbocycles. The molecule has 0 saturated heterocycles. The first kappa shape index (κ1) is 18.3. The fraction of sp³-hybridized carbons (Fsp3) is 0.381. The van der Waals surface area contributed by atoms with Crippen molar-refractivity contribution in [2.45, 2.75) is 51.6 Å². The Labute approximate surface area is 155 Å². The molecule has 0 aliphatic heterocycles. The van der Waals surface area contributed by atoms with Gasteiger partial charge in [-0.2, -0.15) is 0 Å². The quantitative estimate of drug-likeness (QED) is 0.658. The number of nitrogens with one attached hydrogen (secondary N) is 2. The van der Waals surface area contributed by atoms with Gasteiger partial charge in [-0.1, -0.05) is 18.9 Å². The predicted octanol–water partition coefficient (Wildman–Crippen LogP) is 3.83. The van der Waals surface area contributed by atoms with E-state index in [2.05, 4.69) is 42.7 Å². The van der Waals surface area contributed by atoms with Gasteiger partial charge in [0.15, 0.2) is 0 Å². The van der Waals surface area contributed by atoms with Gasteiger partial charge in [0.1, 0.15) is 0 Å². The Balaban J connectivity index is 1.87. The molecule has 3 rings (SSSR count). The standard InChI is InChI=1S/C21H28N4O/c1-13-9-14(2)11-16(10-13)25-20-12-15(7-8-17(20)21(23)26)24-19-6-4-3-5-18(19)22/h7-12,18-19,24-25H,3-6,22H2,1-2H3,(H2,23,26)/t18-,19+/m0/s1. The monoisotopic (exact) mass is 352 g/mol. The van der Waals surface area contributed by atoms with Gasteiger partial charge >= 0.3 is 0 Å². The predicted molar refractivity (Wildman–Crippen MR) is 108 cm³/mol. The van der Waals surface area contributed by atoms with Crippen LogP contribution in [-0.4, -0.2) is 18.0 Å². The van der Waals surface area contributed by atoms with E-state index in [4.69, 9.17) is 11.5 Å². The number of primary amides is 1. The number of hydrogen-bond donors (Lipinski definition) is 4. The summed E-state index contributed by atoms with van der Waals surface area (Å²) in [5, 5.41) is 6.88. The smallest absolute Gasteiger partial charge is 0.250 e. The normalized spacial score (nSPS) is 19.8. The van der Waals surface area contributed by atoms with Crippen molar-refractivity contribution in [2.75, 3.05) is 10.6 Å². The number of carbonyl (C=O) groups is 1. The van der Waals surface area contributed by atoms with Crippen LogP contribution in [0.4, 0.5) is 17.1 Å². The molecule has 1 amide bonds. The number of carbonyl (C=O) groups excluding carboxylic acids is 1. The maximum absolute atomic E-state index is 11.8. The highest BCUT2D eigenvalue weighted by molar-refractivity contribution is 6.00. The summed E-state index contributed by atoms with van der Waals surface area (Å²) < 4.78 is 0. The lowest BCUT2D eigenvalue weighted by molar-refractivity contribution is 0.100. The van der Waals surface area contributed by atoms with Crippen LogP contribution >= 0.6 is 0 Å². The lowest BCUT2D eigenvalue weighted by Crippen LogP contribution is -2.42. The topological polar surface area (TPSA) is 93.2 Å². The molecule has 1 aliphatic rings. The maximum atomic E-state index is 11.8. The van der Waals surface area contributed by atoms with E-state index in [-0.39, 0.29) is 12.1 Å². The maximum Gasteiger partial charge on any atom is 0.250 e. The molecule has 138 valence electrons. The lowest BCUT2D eigenvalue weighted by atomic mass is 9.91. The van der Waals surface area contributed by atoms with E-state index in [0.29, 0.717) is 11.3 Å². The van der Waals surface area contributed by atoms with Crippen molar-refractivity contribution in [2.24, 2.45) is 11.5 Å². The molecule has 2 aromatic rings. The molecular formula is C21H28N4O. The molecular weight excluding hydrogens is 324 g/mol. The number of benzene rings is 2. The van der Waals surface area contributed by atoms with Crippen molar-refractivity contribution in [3.05, 3.63) is 53.1 Å². The van der Waals surface area contributed by atoms with Crippen LogP contribution in [0.2, 0.25) is 0 Å². The van der Waals surface area contributed by atoms with Crippen molar-refractivity contribution in [1.29, 1.82) is 0 Å². The summed E-state index contributed by atoms with van der Waals surface area (Å²) in [7, 11) is 0. The van der Waals surface area contributed by atoms with Gasteiger partial charge in [0, 0.05) is 23.5 Å². The molecule has 0 heterocycles. The number of nitrogens with two attached hydrogens (primary N) is 2. The minimum Gasteiger partial charge on any atom is -0.381 e. The van der Waals surface area contributed by atoms with E-state index < -0.39 is 5.91 Å².